The number of rotatable bonds is 4. The molecule has 0 spiro atoms. The van der Waals surface area contributed by atoms with E-state index in [1.807, 2.05) is 10.6 Å². The molecule has 2 rings (SSSR count). The van der Waals surface area contributed by atoms with Gasteiger partial charge in [-0.1, -0.05) is 0 Å². The fraction of sp³-hybridized carbons (Fsp3) is 0.308. The van der Waals surface area contributed by atoms with Crippen LogP contribution in [0.2, 0.25) is 0 Å². The number of phenolic OH excluding ortho intramolecular Hbond substituents is 1. The third-order valence-electron chi connectivity index (χ3n) is 3.09. The summed E-state index contributed by atoms with van der Waals surface area (Å²) in [5, 5.41) is 13.9. The van der Waals surface area contributed by atoms with E-state index in [0.717, 1.165) is 0 Å². The first-order valence-corrected chi connectivity index (χ1v) is 6.05. The number of carbonyl (C=O) groups is 3. The Morgan fingerprint density at radius 3 is 1.95 bits per heavy atom. The van der Waals surface area contributed by atoms with E-state index < -0.39 is 23.8 Å². The van der Waals surface area contributed by atoms with E-state index in [0.29, 0.717) is 5.56 Å². The number of urea groups is 1. The predicted octanol–water partition coefficient (Wildman–Crippen LogP) is -0.0659. The lowest BCUT2D eigenvalue weighted by Crippen LogP contribution is -2.56. The molecule has 1 aliphatic rings. The van der Waals surface area contributed by atoms with Gasteiger partial charge in [-0.25, -0.2) is 4.79 Å². The number of barbiturate groups is 1. The summed E-state index contributed by atoms with van der Waals surface area (Å²) in [5.41, 5.74) is 0.547. The lowest BCUT2D eigenvalue weighted by atomic mass is 9.96. The van der Waals surface area contributed by atoms with E-state index in [-0.39, 0.29) is 23.7 Å². The number of amides is 4. The molecular weight excluding hydrogens is 280 g/mol. The van der Waals surface area contributed by atoms with Gasteiger partial charge < -0.3 is 14.6 Å². The standard InChI is InChI=1S/C13H14N2O6/c1-20-8-4-6(5-9(21-2)10(8)16)3-7-11(17)14-13(19)15-12(7)18/h4-5,7,16H,3H2,1-2H3,(H2,14,15,17,18,19). The van der Waals surface area contributed by atoms with Gasteiger partial charge in [-0.3, -0.25) is 20.2 Å². The first-order chi connectivity index (χ1) is 9.96. The first kappa shape index (κ1) is 14.6. The lowest BCUT2D eigenvalue weighted by molar-refractivity contribution is -0.135. The molecule has 1 aliphatic heterocycles. The Morgan fingerprint density at radius 1 is 1.05 bits per heavy atom. The number of hydrogen-bond acceptors (Lipinski definition) is 6. The van der Waals surface area contributed by atoms with Crippen LogP contribution in [-0.2, 0) is 16.0 Å². The molecule has 4 amide bonds. The highest BCUT2D eigenvalue weighted by Gasteiger charge is 2.34. The Kier molecular flexibility index (Phi) is 3.97. The molecule has 0 radical (unpaired) electrons. The molecule has 1 heterocycles. The number of ether oxygens (including phenoxy) is 2. The minimum atomic E-state index is -1.04. The Labute approximate surface area is 120 Å². The third kappa shape index (κ3) is 2.88. The highest BCUT2D eigenvalue weighted by molar-refractivity contribution is 6.16. The third-order valence-corrected chi connectivity index (χ3v) is 3.09. The molecule has 1 aromatic carbocycles. The van der Waals surface area contributed by atoms with Crippen molar-refractivity contribution in [2.24, 2.45) is 5.92 Å². The number of carbonyl (C=O) groups excluding carboxylic acids is 3. The van der Waals surface area contributed by atoms with E-state index in [2.05, 4.69) is 0 Å². The van der Waals surface area contributed by atoms with E-state index in [1.165, 1.54) is 26.4 Å². The van der Waals surface area contributed by atoms with Crippen LogP contribution in [0.25, 0.3) is 0 Å². The van der Waals surface area contributed by atoms with Gasteiger partial charge in [-0.15, -0.1) is 0 Å². The molecule has 1 saturated heterocycles. The van der Waals surface area contributed by atoms with Crippen LogP contribution in [0.15, 0.2) is 12.1 Å². The number of hydrogen-bond donors (Lipinski definition) is 3. The van der Waals surface area contributed by atoms with Crippen molar-refractivity contribution >= 4 is 17.8 Å². The average molecular weight is 294 g/mol. The maximum Gasteiger partial charge on any atom is 0.328 e. The molecule has 0 atom stereocenters. The predicted molar refractivity (Wildman–Crippen MR) is 70.1 cm³/mol. The number of imide groups is 2. The van der Waals surface area contributed by atoms with Crippen molar-refractivity contribution in [3.63, 3.8) is 0 Å². The minimum absolute atomic E-state index is 0.0396. The zero-order valence-corrected chi connectivity index (χ0v) is 11.4. The molecule has 21 heavy (non-hydrogen) atoms. The molecule has 0 aliphatic carbocycles. The number of nitrogens with one attached hydrogen (secondary N) is 2. The van der Waals surface area contributed by atoms with Crippen molar-refractivity contribution in [1.29, 1.82) is 0 Å². The molecule has 8 heteroatoms. The second-order valence-electron chi connectivity index (χ2n) is 4.41. The molecule has 0 saturated carbocycles. The highest BCUT2D eigenvalue weighted by atomic mass is 16.5. The van der Waals surface area contributed by atoms with Crippen molar-refractivity contribution in [2.75, 3.05) is 14.2 Å². The van der Waals surface area contributed by atoms with Gasteiger partial charge in [0.15, 0.2) is 11.5 Å². The van der Waals surface area contributed by atoms with Crippen LogP contribution in [-0.4, -0.2) is 37.2 Å². The van der Waals surface area contributed by atoms with Gasteiger partial charge in [0.1, 0.15) is 5.92 Å². The summed E-state index contributed by atoms with van der Waals surface area (Å²) in [6.45, 7) is 0. The zero-order chi connectivity index (χ0) is 15.6. The van der Waals surface area contributed by atoms with Crippen LogP contribution in [0.3, 0.4) is 0 Å². The van der Waals surface area contributed by atoms with Crippen LogP contribution >= 0.6 is 0 Å². The van der Waals surface area contributed by atoms with E-state index in [1.54, 1.807) is 0 Å². The Morgan fingerprint density at radius 2 is 1.52 bits per heavy atom. The van der Waals surface area contributed by atoms with E-state index in [4.69, 9.17) is 9.47 Å². The van der Waals surface area contributed by atoms with Crippen molar-refractivity contribution < 1.29 is 29.0 Å². The summed E-state index contributed by atoms with van der Waals surface area (Å²) >= 11 is 0. The van der Waals surface area contributed by atoms with Gasteiger partial charge in [-0.05, 0) is 24.1 Å². The fourth-order valence-corrected chi connectivity index (χ4v) is 2.04. The van der Waals surface area contributed by atoms with Gasteiger partial charge in [0, 0.05) is 0 Å². The number of aromatic hydroxyl groups is 1. The monoisotopic (exact) mass is 294 g/mol. The van der Waals surface area contributed by atoms with Crippen LogP contribution < -0.4 is 20.1 Å². The molecule has 8 nitrogen and oxygen atoms in total. The molecule has 1 aromatic rings. The van der Waals surface area contributed by atoms with Crippen LogP contribution in [0.1, 0.15) is 5.56 Å². The van der Waals surface area contributed by atoms with Gasteiger partial charge in [0.05, 0.1) is 14.2 Å². The van der Waals surface area contributed by atoms with Crippen molar-refractivity contribution in [3.8, 4) is 17.2 Å². The van der Waals surface area contributed by atoms with Crippen LogP contribution in [0, 0.1) is 5.92 Å². The molecule has 112 valence electrons. The highest BCUT2D eigenvalue weighted by Crippen LogP contribution is 2.37. The number of benzene rings is 1. The van der Waals surface area contributed by atoms with Crippen LogP contribution in [0.5, 0.6) is 17.2 Å². The maximum atomic E-state index is 11.7. The first-order valence-electron chi connectivity index (χ1n) is 6.05. The molecule has 0 aromatic heterocycles. The van der Waals surface area contributed by atoms with Crippen molar-refractivity contribution in [1.82, 2.24) is 10.6 Å². The number of phenols is 1. The molecule has 0 unspecified atom stereocenters. The quantitative estimate of drug-likeness (QED) is 0.670. The van der Waals surface area contributed by atoms with Crippen molar-refractivity contribution in [3.05, 3.63) is 17.7 Å². The fourth-order valence-electron chi connectivity index (χ4n) is 2.04. The summed E-state index contributed by atoms with van der Waals surface area (Å²) in [6, 6.07) is 2.16. The Bertz CT molecular complexity index is 568. The maximum absolute atomic E-state index is 11.7. The molecule has 3 N–H and O–H groups in total. The topological polar surface area (TPSA) is 114 Å². The molecule has 1 fully saturated rings. The van der Waals surface area contributed by atoms with Gasteiger partial charge >= 0.3 is 6.03 Å². The summed E-state index contributed by atoms with van der Waals surface area (Å²) in [4.78, 5) is 34.4. The van der Waals surface area contributed by atoms with E-state index >= 15 is 0 Å². The normalized spacial score (nSPS) is 15.4. The summed E-state index contributed by atoms with van der Waals surface area (Å²) in [6.07, 6.45) is 0.0396. The summed E-state index contributed by atoms with van der Waals surface area (Å²) in [5.74, 6) is -2.23. The van der Waals surface area contributed by atoms with Gasteiger partial charge in [0.25, 0.3) is 0 Å². The average Bonchev–Trinajstić information content (AvgIpc) is 2.44. The van der Waals surface area contributed by atoms with Crippen molar-refractivity contribution in [2.45, 2.75) is 6.42 Å². The molecule has 0 bridgehead atoms. The largest absolute Gasteiger partial charge is 0.502 e. The Balaban J connectivity index is 2.29. The van der Waals surface area contributed by atoms with Gasteiger partial charge in [0.2, 0.25) is 17.6 Å². The Hall–Kier alpha value is -2.77. The molecular formula is C13H14N2O6. The van der Waals surface area contributed by atoms with Crippen LogP contribution in [0.4, 0.5) is 4.79 Å². The van der Waals surface area contributed by atoms with Gasteiger partial charge in [-0.2, -0.15) is 0 Å². The van der Waals surface area contributed by atoms with E-state index in [9.17, 15) is 19.5 Å². The number of methoxy groups -OCH3 is 2. The smallest absolute Gasteiger partial charge is 0.328 e. The lowest BCUT2D eigenvalue weighted by Gasteiger charge is -2.21. The second kappa shape index (κ2) is 5.70. The summed E-state index contributed by atoms with van der Waals surface area (Å²) < 4.78 is 10.0. The zero-order valence-electron chi connectivity index (χ0n) is 11.4. The SMILES string of the molecule is COc1cc(CC2C(=O)NC(=O)NC2=O)cc(OC)c1O. The second-order valence-corrected chi connectivity index (χ2v) is 4.41. The minimum Gasteiger partial charge on any atom is -0.502 e. The summed E-state index contributed by atoms with van der Waals surface area (Å²) in [7, 11) is 2.74.